The van der Waals surface area contributed by atoms with Crippen molar-refractivity contribution >= 4 is 17.4 Å². The Hall–Kier alpha value is -2.63. The van der Waals surface area contributed by atoms with Gasteiger partial charge in [0.25, 0.3) is 5.91 Å². The molecule has 0 saturated carbocycles. The first kappa shape index (κ1) is 15.3. The van der Waals surface area contributed by atoms with E-state index in [1.165, 1.54) is 0 Å². The molecule has 1 saturated heterocycles. The lowest BCUT2D eigenvalue weighted by Gasteiger charge is -2.14. The number of amides is 1. The highest BCUT2D eigenvalue weighted by molar-refractivity contribution is 5.92. The summed E-state index contributed by atoms with van der Waals surface area (Å²) >= 11 is 0. The number of hydrogen-bond acceptors (Lipinski definition) is 5. The lowest BCUT2D eigenvalue weighted by Crippen LogP contribution is -2.28. The van der Waals surface area contributed by atoms with Crippen molar-refractivity contribution in [3.8, 4) is 5.75 Å². The van der Waals surface area contributed by atoms with Crippen LogP contribution in [0.3, 0.4) is 0 Å². The van der Waals surface area contributed by atoms with E-state index in [1.54, 1.807) is 19.2 Å². The Morgan fingerprint density at radius 3 is 2.61 bits per heavy atom. The number of likely N-dealkylation sites (tertiary alicyclic amines) is 1. The molecular weight excluding hydrogens is 292 g/mol. The van der Waals surface area contributed by atoms with Crippen LogP contribution < -0.4 is 10.1 Å². The van der Waals surface area contributed by atoms with E-state index in [0.717, 1.165) is 42.9 Å². The summed E-state index contributed by atoms with van der Waals surface area (Å²) in [5.74, 6) is 1.26. The number of hydrogen-bond donors (Lipinski definition) is 1. The van der Waals surface area contributed by atoms with Gasteiger partial charge in [-0.1, -0.05) is 6.07 Å². The van der Waals surface area contributed by atoms with Crippen LogP contribution in [-0.2, 0) is 0 Å². The number of carbonyl (C=O) groups excluding carboxylic acids is 1. The third-order valence-electron chi connectivity index (χ3n) is 3.89. The van der Waals surface area contributed by atoms with Gasteiger partial charge in [0.05, 0.1) is 12.8 Å². The molecule has 1 N–H and O–H groups in total. The van der Waals surface area contributed by atoms with Gasteiger partial charge >= 0.3 is 0 Å². The number of methoxy groups -OCH3 is 1. The van der Waals surface area contributed by atoms with E-state index in [0.29, 0.717) is 11.5 Å². The van der Waals surface area contributed by atoms with Gasteiger partial charge in [0.15, 0.2) is 11.5 Å². The van der Waals surface area contributed by atoms with Gasteiger partial charge in [-0.3, -0.25) is 4.79 Å². The summed E-state index contributed by atoms with van der Waals surface area (Å²) in [5, 5.41) is 11.3. The van der Waals surface area contributed by atoms with Crippen LogP contribution in [0.1, 0.15) is 28.9 Å². The van der Waals surface area contributed by atoms with E-state index >= 15 is 0 Å². The van der Waals surface area contributed by atoms with E-state index in [1.807, 2.05) is 30.0 Å². The van der Waals surface area contributed by atoms with Crippen LogP contribution in [0.15, 0.2) is 30.3 Å². The zero-order chi connectivity index (χ0) is 16.2. The number of nitrogens with one attached hydrogen (secondary N) is 1. The molecule has 120 valence electrons. The highest BCUT2D eigenvalue weighted by atomic mass is 16.5. The standard InChI is InChI=1S/C17H20N4O2/c1-12-5-7-15(23-2)14(11-12)18-16-8-6-13(19-20-16)17(22)21-9-3-4-10-21/h5-8,11H,3-4,9-10H2,1-2H3,(H,18,20). The molecule has 2 aromatic rings. The van der Waals surface area contributed by atoms with E-state index in [-0.39, 0.29) is 5.91 Å². The van der Waals surface area contributed by atoms with Crippen molar-refractivity contribution in [2.75, 3.05) is 25.5 Å². The molecule has 0 aliphatic carbocycles. The third-order valence-corrected chi connectivity index (χ3v) is 3.89. The number of rotatable bonds is 4. The molecule has 0 unspecified atom stereocenters. The van der Waals surface area contributed by atoms with Crippen molar-refractivity contribution < 1.29 is 9.53 Å². The zero-order valence-electron chi connectivity index (χ0n) is 13.4. The van der Waals surface area contributed by atoms with Gasteiger partial charge in [-0.15, -0.1) is 10.2 Å². The molecule has 3 rings (SSSR count). The SMILES string of the molecule is COc1ccc(C)cc1Nc1ccc(C(=O)N2CCCC2)nn1. The molecule has 1 fully saturated rings. The second-order valence-electron chi connectivity index (χ2n) is 5.63. The lowest BCUT2D eigenvalue weighted by molar-refractivity contribution is 0.0786. The fraction of sp³-hybridized carbons (Fsp3) is 0.353. The molecule has 6 heteroatoms. The highest BCUT2D eigenvalue weighted by Crippen LogP contribution is 2.27. The van der Waals surface area contributed by atoms with Crippen LogP contribution >= 0.6 is 0 Å². The number of carbonyl (C=O) groups is 1. The molecule has 1 aliphatic rings. The zero-order valence-corrected chi connectivity index (χ0v) is 13.4. The molecule has 1 aromatic heterocycles. The Morgan fingerprint density at radius 2 is 1.96 bits per heavy atom. The van der Waals surface area contributed by atoms with Gasteiger partial charge in [-0.25, -0.2) is 0 Å². The molecule has 1 amide bonds. The van der Waals surface area contributed by atoms with Gasteiger partial charge in [0, 0.05) is 13.1 Å². The molecule has 1 aromatic carbocycles. The third kappa shape index (κ3) is 3.41. The Balaban J connectivity index is 1.75. The molecule has 0 atom stereocenters. The summed E-state index contributed by atoms with van der Waals surface area (Å²) in [6.07, 6.45) is 2.12. The van der Waals surface area contributed by atoms with Crippen LogP contribution in [0.2, 0.25) is 0 Å². The Morgan fingerprint density at radius 1 is 1.17 bits per heavy atom. The summed E-state index contributed by atoms with van der Waals surface area (Å²) in [6, 6.07) is 9.32. The molecule has 2 heterocycles. The predicted molar refractivity (Wildman–Crippen MR) is 88.2 cm³/mol. The van der Waals surface area contributed by atoms with Crippen LogP contribution in [0.4, 0.5) is 11.5 Å². The summed E-state index contributed by atoms with van der Waals surface area (Å²) in [7, 11) is 1.62. The average molecular weight is 312 g/mol. The highest BCUT2D eigenvalue weighted by Gasteiger charge is 2.20. The summed E-state index contributed by atoms with van der Waals surface area (Å²) in [6.45, 7) is 3.62. The molecule has 0 spiro atoms. The van der Waals surface area contributed by atoms with Gasteiger partial charge in [-0.05, 0) is 49.6 Å². The first-order valence-electron chi connectivity index (χ1n) is 7.72. The quantitative estimate of drug-likeness (QED) is 0.940. The fourth-order valence-electron chi connectivity index (χ4n) is 2.65. The predicted octanol–water partition coefficient (Wildman–Crippen LogP) is 2.77. The summed E-state index contributed by atoms with van der Waals surface area (Å²) < 4.78 is 5.33. The van der Waals surface area contributed by atoms with Gasteiger partial charge in [0.1, 0.15) is 5.75 Å². The largest absolute Gasteiger partial charge is 0.495 e. The first-order valence-corrected chi connectivity index (χ1v) is 7.72. The van der Waals surface area contributed by atoms with Crippen molar-refractivity contribution in [2.24, 2.45) is 0 Å². The van der Waals surface area contributed by atoms with E-state index in [2.05, 4.69) is 15.5 Å². The van der Waals surface area contributed by atoms with Gasteiger partial charge < -0.3 is 15.0 Å². The number of benzene rings is 1. The molecule has 0 bridgehead atoms. The Bertz CT molecular complexity index is 694. The van der Waals surface area contributed by atoms with Crippen LogP contribution in [0, 0.1) is 6.92 Å². The normalized spacial score (nSPS) is 13.9. The topological polar surface area (TPSA) is 67.3 Å². The average Bonchev–Trinajstić information content (AvgIpc) is 3.10. The number of aryl methyl sites for hydroxylation is 1. The van der Waals surface area contributed by atoms with E-state index in [4.69, 9.17) is 4.74 Å². The first-order chi connectivity index (χ1) is 11.2. The minimum Gasteiger partial charge on any atom is -0.495 e. The molecule has 0 radical (unpaired) electrons. The smallest absolute Gasteiger partial charge is 0.274 e. The minimum absolute atomic E-state index is 0.0466. The van der Waals surface area contributed by atoms with Gasteiger partial charge in [-0.2, -0.15) is 0 Å². The lowest BCUT2D eigenvalue weighted by atomic mass is 10.2. The molecule has 23 heavy (non-hydrogen) atoms. The minimum atomic E-state index is -0.0466. The summed E-state index contributed by atoms with van der Waals surface area (Å²) in [5.41, 5.74) is 2.32. The van der Waals surface area contributed by atoms with Crippen LogP contribution in [-0.4, -0.2) is 41.2 Å². The monoisotopic (exact) mass is 312 g/mol. The number of anilines is 2. The van der Waals surface area contributed by atoms with Crippen LogP contribution in [0.25, 0.3) is 0 Å². The van der Waals surface area contributed by atoms with E-state index < -0.39 is 0 Å². The maximum Gasteiger partial charge on any atom is 0.274 e. The van der Waals surface area contributed by atoms with Crippen molar-refractivity contribution in [3.05, 3.63) is 41.6 Å². The van der Waals surface area contributed by atoms with Crippen LogP contribution in [0.5, 0.6) is 5.75 Å². The molecule has 1 aliphatic heterocycles. The van der Waals surface area contributed by atoms with Gasteiger partial charge in [0.2, 0.25) is 0 Å². The molecular formula is C17H20N4O2. The number of nitrogens with zero attached hydrogens (tertiary/aromatic N) is 3. The molecule has 6 nitrogen and oxygen atoms in total. The fourth-order valence-corrected chi connectivity index (χ4v) is 2.65. The van der Waals surface area contributed by atoms with Crippen molar-refractivity contribution in [1.29, 1.82) is 0 Å². The van der Waals surface area contributed by atoms with Crippen molar-refractivity contribution in [3.63, 3.8) is 0 Å². The maximum atomic E-state index is 12.2. The second-order valence-corrected chi connectivity index (χ2v) is 5.63. The number of ether oxygens (including phenoxy) is 1. The number of aromatic nitrogens is 2. The Kier molecular flexibility index (Phi) is 4.41. The Labute approximate surface area is 135 Å². The van der Waals surface area contributed by atoms with E-state index in [9.17, 15) is 4.79 Å². The summed E-state index contributed by atoms with van der Waals surface area (Å²) in [4.78, 5) is 14.1. The maximum absolute atomic E-state index is 12.2. The second kappa shape index (κ2) is 6.64. The van der Waals surface area contributed by atoms with Crippen molar-refractivity contribution in [1.82, 2.24) is 15.1 Å². The van der Waals surface area contributed by atoms with Crippen molar-refractivity contribution in [2.45, 2.75) is 19.8 Å².